The molecule has 3 rings (SSSR count). The number of amides is 1. The predicted octanol–water partition coefficient (Wildman–Crippen LogP) is 5.59. The SMILES string of the molecule is Cc1cc(C)c(C)c(O[C@H](C)C(=O)N[C@H](c2ccccc2)c2ccccc2C)c1. The second kappa shape index (κ2) is 8.95. The van der Waals surface area contributed by atoms with Crippen LogP contribution in [-0.4, -0.2) is 12.0 Å². The Balaban J connectivity index is 1.84. The molecule has 1 amide bonds. The minimum atomic E-state index is -0.606. The van der Waals surface area contributed by atoms with E-state index in [-0.39, 0.29) is 11.9 Å². The maximum atomic E-state index is 13.1. The van der Waals surface area contributed by atoms with E-state index in [1.54, 1.807) is 6.92 Å². The summed E-state index contributed by atoms with van der Waals surface area (Å²) in [6.45, 7) is 9.98. The smallest absolute Gasteiger partial charge is 0.261 e. The van der Waals surface area contributed by atoms with Gasteiger partial charge in [-0.3, -0.25) is 4.79 Å². The fourth-order valence-electron chi connectivity index (χ4n) is 3.52. The Hall–Kier alpha value is -3.07. The van der Waals surface area contributed by atoms with Gasteiger partial charge in [0.15, 0.2) is 6.10 Å². The number of rotatable bonds is 6. The van der Waals surface area contributed by atoms with Crippen LogP contribution in [0, 0.1) is 27.7 Å². The third kappa shape index (κ3) is 4.86. The van der Waals surface area contributed by atoms with Gasteiger partial charge in [0.05, 0.1) is 6.04 Å². The molecule has 0 aliphatic rings. The molecule has 0 unspecified atom stereocenters. The first-order valence-electron chi connectivity index (χ1n) is 10.0. The highest BCUT2D eigenvalue weighted by Crippen LogP contribution is 2.27. The van der Waals surface area contributed by atoms with E-state index in [0.717, 1.165) is 39.1 Å². The summed E-state index contributed by atoms with van der Waals surface area (Å²) >= 11 is 0. The van der Waals surface area contributed by atoms with Crippen LogP contribution in [0.3, 0.4) is 0 Å². The molecule has 3 aromatic rings. The molecule has 0 aromatic heterocycles. The Morgan fingerprint density at radius 3 is 2.21 bits per heavy atom. The van der Waals surface area contributed by atoms with Gasteiger partial charge in [0.2, 0.25) is 0 Å². The summed E-state index contributed by atoms with van der Waals surface area (Å²) in [5, 5.41) is 3.20. The molecule has 150 valence electrons. The number of nitrogens with one attached hydrogen (secondary N) is 1. The maximum Gasteiger partial charge on any atom is 0.261 e. The topological polar surface area (TPSA) is 38.3 Å². The first-order chi connectivity index (χ1) is 13.9. The summed E-state index contributed by atoms with van der Waals surface area (Å²) in [5.74, 6) is 0.623. The van der Waals surface area contributed by atoms with Gasteiger partial charge in [0.1, 0.15) is 5.75 Å². The Morgan fingerprint density at radius 2 is 1.52 bits per heavy atom. The molecule has 3 heteroatoms. The van der Waals surface area contributed by atoms with Crippen molar-refractivity contribution in [1.29, 1.82) is 0 Å². The van der Waals surface area contributed by atoms with Crippen LogP contribution in [0.25, 0.3) is 0 Å². The number of hydrogen-bond donors (Lipinski definition) is 1. The van der Waals surface area contributed by atoms with E-state index in [9.17, 15) is 4.79 Å². The lowest BCUT2D eigenvalue weighted by Crippen LogP contribution is -2.39. The lowest BCUT2D eigenvalue weighted by molar-refractivity contribution is -0.127. The van der Waals surface area contributed by atoms with Crippen molar-refractivity contribution in [3.05, 3.63) is 100 Å². The van der Waals surface area contributed by atoms with Crippen LogP contribution in [0.1, 0.15) is 46.3 Å². The summed E-state index contributed by atoms with van der Waals surface area (Å²) in [6.07, 6.45) is -0.606. The minimum absolute atomic E-state index is 0.138. The standard InChI is InChI=1S/C26H29NO2/c1-17-15-19(3)20(4)24(16-17)29-21(5)26(28)27-25(22-12-7-6-8-13-22)23-14-10-9-11-18(23)2/h6-16,21,25H,1-5H3,(H,27,28)/t21-,25-/m1/s1. The van der Waals surface area contributed by atoms with Gasteiger partial charge in [-0.15, -0.1) is 0 Å². The van der Waals surface area contributed by atoms with Crippen molar-refractivity contribution in [3.8, 4) is 5.75 Å². The van der Waals surface area contributed by atoms with Crippen LogP contribution in [0.5, 0.6) is 5.75 Å². The molecule has 0 fully saturated rings. The Kier molecular flexibility index (Phi) is 6.38. The summed E-state index contributed by atoms with van der Waals surface area (Å²) in [6, 6.07) is 22.1. The van der Waals surface area contributed by atoms with Crippen LogP contribution in [0.4, 0.5) is 0 Å². The number of ether oxygens (including phenoxy) is 1. The largest absolute Gasteiger partial charge is 0.481 e. The van der Waals surface area contributed by atoms with Crippen molar-refractivity contribution < 1.29 is 9.53 Å². The van der Waals surface area contributed by atoms with E-state index in [1.807, 2.05) is 62.4 Å². The van der Waals surface area contributed by atoms with Crippen LogP contribution >= 0.6 is 0 Å². The van der Waals surface area contributed by atoms with Crippen molar-refractivity contribution in [2.24, 2.45) is 0 Å². The number of benzene rings is 3. The quantitative estimate of drug-likeness (QED) is 0.598. The minimum Gasteiger partial charge on any atom is -0.481 e. The van der Waals surface area contributed by atoms with Crippen LogP contribution in [0.2, 0.25) is 0 Å². The molecule has 0 aliphatic heterocycles. The number of hydrogen-bond acceptors (Lipinski definition) is 2. The highest BCUT2D eigenvalue weighted by Gasteiger charge is 2.23. The zero-order chi connectivity index (χ0) is 21.0. The second-order valence-electron chi connectivity index (χ2n) is 7.67. The summed E-state index contributed by atoms with van der Waals surface area (Å²) in [5.41, 5.74) is 6.62. The molecule has 0 spiro atoms. The first kappa shape index (κ1) is 20.7. The van der Waals surface area contributed by atoms with Gasteiger partial charge in [-0.2, -0.15) is 0 Å². The first-order valence-corrected chi connectivity index (χ1v) is 10.0. The molecule has 0 radical (unpaired) electrons. The Labute approximate surface area is 173 Å². The number of carbonyl (C=O) groups excluding carboxylic acids is 1. The maximum absolute atomic E-state index is 13.1. The normalized spacial score (nSPS) is 12.9. The molecular formula is C26H29NO2. The van der Waals surface area contributed by atoms with Crippen LogP contribution in [0.15, 0.2) is 66.7 Å². The number of carbonyl (C=O) groups is 1. The van der Waals surface area contributed by atoms with E-state index in [4.69, 9.17) is 4.74 Å². The molecule has 0 saturated carbocycles. The Morgan fingerprint density at radius 1 is 0.862 bits per heavy atom. The van der Waals surface area contributed by atoms with Crippen molar-refractivity contribution in [2.45, 2.75) is 46.8 Å². The molecule has 29 heavy (non-hydrogen) atoms. The van der Waals surface area contributed by atoms with E-state index >= 15 is 0 Å². The molecule has 0 heterocycles. The van der Waals surface area contributed by atoms with Gasteiger partial charge in [-0.1, -0.05) is 60.7 Å². The molecular weight excluding hydrogens is 358 g/mol. The predicted molar refractivity (Wildman–Crippen MR) is 118 cm³/mol. The molecule has 2 atom stereocenters. The third-order valence-corrected chi connectivity index (χ3v) is 5.36. The van der Waals surface area contributed by atoms with E-state index < -0.39 is 6.10 Å². The highest BCUT2D eigenvalue weighted by molar-refractivity contribution is 5.81. The fraction of sp³-hybridized carbons (Fsp3) is 0.269. The number of aryl methyl sites for hydroxylation is 3. The Bertz CT molecular complexity index is 995. The third-order valence-electron chi connectivity index (χ3n) is 5.36. The monoisotopic (exact) mass is 387 g/mol. The average molecular weight is 388 g/mol. The highest BCUT2D eigenvalue weighted by atomic mass is 16.5. The van der Waals surface area contributed by atoms with Gasteiger partial charge < -0.3 is 10.1 Å². The zero-order valence-electron chi connectivity index (χ0n) is 17.8. The average Bonchev–Trinajstić information content (AvgIpc) is 2.71. The second-order valence-corrected chi connectivity index (χ2v) is 7.67. The van der Waals surface area contributed by atoms with Crippen LogP contribution in [-0.2, 0) is 4.79 Å². The van der Waals surface area contributed by atoms with Gasteiger partial charge in [-0.25, -0.2) is 0 Å². The van der Waals surface area contributed by atoms with Gasteiger partial charge in [0.25, 0.3) is 5.91 Å². The van der Waals surface area contributed by atoms with Crippen molar-refractivity contribution in [3.63, 3.8) is 0 Å². The molecule has 0 bridgehead atoms. The van der Waals surface area contributed by atoms with Gasteiger partial charge in [-0.05, 0) is 74.1 Å². The summed E-state index contributed by atoms with van der Waals surface area (Å²) in [4.78, 5) is 13.1. The van der Waals surface area contributed by atoms with Crippen molar-refractivity contribution >= 4 is 5.91 Å². The van der Waals surface area contributed by atoms with E-state index in [1.165, 1.54) is 0 Å². The summed E-state index contributed by atoms with van der Waals surface area (Å²) in [7, 11) is 0. The van der Waals surface area contributed by atoms with Crippen molar-refractivity contribution in [1.82, 2.24) is 5.32 Å². The molecule has 3 aromatic carbocycles. The van der Waals surface area contributed by atoms with Gasteiger partial charge in [0, 0.05) is 0 Å². The van der Waals surface area contributed by atoms with Crippen molar-refractivity contribution in [2.75, 3.05) is 0 Å². The fourth-order valence-corrected chi connectivity index (χ4v) is 3.52. The van der Waals surface area contributed by atoms with Gasteiger partial charge >= 0.3 is 0 Å². The summed E-state index contributed by atoms with van der Waals surface area (Å²) < 4.78 is 6.06. The molecule has 0 aliphatic carbocycles. The molecule has 1 N–H and O–H groups in total. The van der Waals surface area contributed by atoms with Crippen LogP contribution < -0.4 is 10.1 Å². The van der Waals surface area contributed by atoms with E-state index in [0.29, 0.717) is 0 Å². The molecule has 3 nitrogen and oxygen atoms in total. The lowest BCUT2D eigenvalue weighted by atomic mass is 9.95. The molecule has 0 saturated heterocycles. The lowest BCUT2D eigenvalue weighted by Gasteiger charge is -2.24. The van der Waals surface area contributed by atoms with E-state index in [2.05, 4.69) is 37.4 Å². The zero-order valence-corrected chi connectivity index (χ0v) is 17.8.